The van der Waals surface area contributed by atoms with E-state index < -0.39 is 7.60 Å². The SMILES string of the molecule is COP(=O)(CC(=O)c1cccc(-c2ccc(Cl)cc2C(C)(C)C)c1)OC. The molecule has 0 amide bonds. The van der Waals surface area contributed by atoms with Gasteiger partial charge in [-0.15, -0.1) is 0 Å². The van der Waals surface area contributed by atoms with Crippen LogP contribution in [-0.2, 0) is 19.0 Å². The normalized spacial score (nSPS) is 12.2. The fraction of sp³-hybridized carbons (Fsp3) is 0.350. The van der Waals surface area contributed by atoms with Crippen molar-refractivity contribution in [3.8, 4) is 11.1 Å². The molecule has 2 rings (SSSR count). The van der Waals surface area contributed by atoms with Crippen LogP contribution in [0.3, 0.4) is 0 Å². The molecule has 0 fully saturated rings. The van der Waals surface area contributed by atoms with E-state index in [-0.39, 0.29) is 17.4 Å². The van der Waals surface area contributed by atoms with Gasteiger partial charge in [0.2, 0.25) is 0 Å². The van der Waals surface area contributed by atoms with Gasteiger partial charge in [0.25, 0.3) is 0 Å². The number of ketones is 1. The van der Waals surface area contributed by atoms with Crippen LogP contribution in [0.1, 0.15) is 36.7 Å². The third-order valence-electron chi connectivity index (χ3n) is 4.18. The molecular formula is C20H24ClO4P. The molecule has 2 aromatic rings. The first-order valence-corrected chi connectivity index (χ1v) is 10.3. The van der Waals surface area contributed by atoms with Crippen LogP contribution in [0.2, 0.25) is 5.02 Å². The minimum absolute atomic E-state index is 0.109. The van der Waals surface area contributed by atoms with Crippen molar-refractivity contribution in [2.75, 3.05) is 20.4 Å². The van der Waals surface area contributed by atoms with Crippen molar-refractivity contribution in [1.82, 2.24) is 0 Å². The highest BCUT2D eigenvalue weighted by atomic mass is 35.5. The predicted octanol–water partition coefficient (Wildman–Crippen LogP) is 5.97. The first-order chi connectivity index (χ1) is 12.1. The van der Waals surface area contributed by atoms with E-state index in [1.807, 2.05) is 30.3 Å². The lowest BCUT2D eigenvalue weighted by molar-refractivity contribution is 0.101. The lowest BCUT2D eigenvalue weighted by Gasteiger charge is -2.23. The lowest BCUT2D eigenvalue weighted by Crippen LogP contribution is -2.13. The van der Waals surface area contributed by atoms with Gasteiger partial charge in [0.05, 0.1) is 0 Å². The molecule has 26 heavy (non-hydrogen) atoms. The summed E-state index contributed by atoms with van der Waals surface area (Å²) in [4.78, 5) is 12.5. The Morgan fingerprint density at radius 1 is 1.08 bits per heavy atom. The van der Waals surface area contributed by atoms with Gasteiger partial charge in [-0.05, 0) is 40.3 Å². The van der Waals surface area contributed by atoms with Crippen LogP contribution in [0.15, 0.2) is 42.5 Å². The zero-order chi connectivity index (χ0) is 19.5. The largest absolute Gasteiger partial charge is 0.337 e. The third kappa shape index (κ3) is 4.83. The molecule has 0 atom stereocenters. The molecule has 0 aromatic heterocycles. The van der Waals surface area contributed by atoms with Crippen molar-refractivity contribution in [2.45, 2.75) is 26.2 Å². The molecular weight excluding hydrogens is 371 g/mol. The summed E-state index contributed by atoms with van der Waals surface area (Å²) in [6.45, 7) is 6.35. The van der Waals surface area contributed by atoms with E-state index in [2.05, 4.69) is 20.8 Å². The third-order valence-corrected chi connectivity index (χ3v) is 6.20. The molecule has 2 aromatic carbocycles. The molecule has 140 valence electrons. The van der Waals surface area contributed by atoms with E-state index in [9.17, 15) is 9.36 Å². The van der Waals surface area contributed by atoms with Gasteiger partial charge in [0, 0.05) is 24.8 Å². The van der Waals surface area contributed by atoms with Crippen molar-refractivity contribution in [1.29, 1.82) is 0 Å². The molecule has 0 bridgehead atoms. The number of rotatable bonds is 6. The molecule has 0 heterocycles. The molecule has 0 saturated heterocycles. The molecule has 0 spiro atoms. The minimum Gasteiger partial charge on any atom is -0.312 e. The Morgan fingerprint density at radius 2 is 1.73 bits per heavy atom. The maximum Gasteiger partial charge on any atom is 0.337 e. The van der Waals surface area contributed by atoms with Gasteiger partial charge < -0.3 is 9.05 Å². The maximum absolute atomic E-state index is 12.5. The first kappa shape index (κ1) is 20.9. The number of carbonyl (C=O) groups is 1. The highest BCUT2D eigenvalue weighted by Crippen LogP contribution is 2.46. The zero-order valence-electron chi connectivity index (χ0n) is 15.7. The van der Waals surface area contributed by atoms with Gasteiger partial charge in [-0.3, -0.25) is 9.36 Å². The summed E-state index contributed by atoms with van der Waals surface area (Å²) in [5, 5.41) is 0.673. The summed E-state index contributed by atoms with van der Waals surface area (Å²) in [6.07, 6.45) is -0.295. The zero-order valence-corrected chi connectivity index (χ0v) is 17.4. The second-order valence-electron chi connectivity index (χ2n) is 7.08. The quantitative estimate of drug-likeness (QED) is 0.447. The van der Waals surface area contributed by atoms with Crippen LogP contribution in [0.25, 0.3) is 11.1 Å². The Morgan fingerprint density at radius 3 is 2.31 bits per heavy atom. The predicted molar refractivity (Wildman–Crippen MR) is 106 cm³/mol. The molecule has 0 N–H and O–H groups in total. The van der Waals surface area contributed by atoms with Crippen molar-refractivity contribution in [2.24, 2.45) is 0 Å². The summed E-state index contributed by atoms with van der Waals surface area (Å²) in [5.41, 5.74) is 3.36. The van der Waals surface area contributed by atoms with Crippen LogP contribution in [0.4, 0.5) is 0 Å². The topological polar surface area (TPSA) is 52.6 Å². The number of hydrogen-bond acceptors (Lipinski definition) is 4. The number of Topliss-reactive ketones (excluding diaryl/α,β-unsaturated/α-hetero) is 1. The van der Waals surface area contributed by atoms with E-state index in [0.717, 1.165) is 16.7 Å². The van der Waals surface area contributed by atoms with Gasteiger partial charge in [0.1, 0.15) is 6.16 Å². The molecule has 0 aliphatic rings. The Bertz CT molecular complexity index is 847. The Balaban J connectivity index is 2.45. The van der Waals surface area contributed by atoms with Gasteiger partial charge in [-0.2, -0.15) is 0 Å². The second-order valence-corrected chi connectivity index (χ2v) is 9.78. The average Bonchev–Trinajstić information content (AvgIpc) is 2.61. The van der Waals surface area contributed by atoms with E-state index >= 15 is 0 Å². The molecule has 0 aliphatic heterocycles. The maximum atomic E-state index is 12.5. The van der Waals surface area contributed by atoms with E-state index in [1.54, 1.807) is 12.1 Å². The molecule has 6 heteroatoms. The summed E-state index contributed by atoms with van der Waals surface area (Å²) in [7, 11) is -0.849. The lowest BCUT2D eigenvalue weighted by atomic mass is 9.81. The smallest absolute Gasteiger partial charge is 0.312 e. The van der Waals surface area contributed by atoms with Crippen molar-refractivity contribution in [3.63, 3.8) is 0 Å². The fourth-order valence-electron chi connectivity index (χ4n) is 2.72. The van der Waals surface area contributed by atoms with E-state index in [0.29, 0.717) is 10.6 Å². The van der Waals surface area contributed by atoms with E-state index in [4.69, 9.17) is 20.6 Å². The van der Waals surface area contributed by atoms with Crippen LogP contribution in [0.5, 0.6) is 0 Å². The van der Waals surface area contributed by atoms with E-state index in [1.165, 1.54) is 14.2 Å². The highest BCUT2D eigenvalue weighted by Gasteiger charge is 2.26. The van der Waals surface area contributed by atoms with Crippen LogP contribution in [0, 0.1) is 0 Å². The van der Waals surface area contributed by atoms with Crippen LogP contribution >= 0.6 is 19.2 Å². The number of carbonyl (C=O) groups excluding carboxylic acids is 1. The van der Waals surface area contributed by atoms with Crippen molar-refractivity contribution in [3.05, 3.63) is 58.6 Å². The molecule has 0 radical (unpaired) electrons. The Hall–Kier alpha value is -1.45. The molecule has 0 saturated carbocycles. The van der Waals surface area contributed by atoms with Crippen molar-refractivity contribution < 1.29 is 18.4 Å². The van der Waals surface area contributed by atoms with Gasteiger partial charge >= 0.3 is 7.60 Å². The van der Waals surface area contributed by atoms with Gasteiger partial charge in [-0.1, -0.05) is 56.6 Å². The first-order valence-electron chi connectivity index (χ1n) is 8.24. The Kier molecular flexibility index (Phi) is 6.46. The monoisotopic (exact) mass is 394 g/mol. The number of hydrogen-bond donors (Lipinski definition) is 0. The fourth-order valence-corrected chi connectivity index (χ4v) is 3.83. The van der Waals surface area contributed by atoms with Crippen LogP contribution in [-0.4, -0.2) is 26.2 Å². The molecule has 0 aliphatic carbocycles. The second kappa shape index (κ2) is 8.06. The highest BCUT2D eigenvalue weighted by molar-refractivity contribution is 7.54. The average molecular weight is 395 g/mol. The molecule has 4 nitrogen and oxygen atoms in total. The van der Waals surface area contributed by atoms with Gasteiger partial charge in [-0.25, -0.2) is 0 Å². The number of benzene rings is 2. The summed E-state index contributed by atoms with van der Waals surface area (Å²) < 4.78 is 22.0. The minimum atomic E-state index is -3.40. The molecule has 0 unspecified atom stereocenters. The van der Waals surface area contributed by atoms with Crippen molar-refractivity contribution >= 4 is 25.0 Å². The number of halogens is 1. The Labute approximate surface area is 160 Å². The van der Waals surface area contributed by atoms with Crippen LogP contribution < -0.4 is 0 Å². The summed E-state index contributed by atoms with van der Waals surface area (Å²) in [6, 6.07) is 13.0. The van der Waals surface area contributed by atoms with Gasteiger partial charge in [0.15, 0.2) is 5.78 Å². The summed E-state index contributed by atoms with van der Waals surface area (Å²) >= 11 is 6.18. The summed E-state index contributed by atoms with van der Waals surface area (Å²) in [5.74, 6) is -0.287. The standard InChI is InChI=1S/C20H24ClO4P/c1-20(2,3)18-12-16(21)9-10-17(18)14-7-6-8-15(11-14)19(22)13-26(23,24-4)25-5/h6-12H,13H2,1-5H3.